The lowest BCUT2D eigenvalue weighted by atomic mass is 9.76. The van der Waals surface area contributed by atoms with Gasteiger partial charge in [0.2, 0.25) is 0 Å². The van der Waals surface area contributed by atoms with Gasteiger partial charge in [-0.05, 0) is 37.1 Å². The van der Waals surface area contributed by atoms with Crippen LogP contribution in [-0.4, -0.2) is 32.3 Å². The predicted molar refractivity (Wildman–Crippen MR) is 75.7 cm³/mol. The van der Waals surface area contributed by atoms with Crippen molar-refractivity contribution in [1.82, 2.24) is 0 Å². The van der Waals surface area contributed by atoms with Gasteiger partial charge < -0.3 is 15.2 Å². The van der Waals surface area contributed by atoms with E-state index >= 15 is 0 Å². The lowest BCUT2D eigenvalue weighted by molar-refractivity contribution is -0.145. The van der Waals surface area contributed by atoms with Crippen LogP contribution in [0.3, 0.4) is 0 Å². The summed E-state index contributed by atoms with van der Waals surface area (Å²) in [5.41, 5.74) is 5.84. The van der Waals surface area contributed by atoms with Gasteiger partial charge in [0, 0.05) is 18.9 Å². The Balaban J connectivity index is 2.23. The summed E-state index contributed by atoms with van der Waals surface area (Å²) in [6, 6.07) is 0. The standard InChI is InChI=1S/C15H29NO3/c1-15(2,3)13(6-8-16)4-5-14(17)19-11-12-7-9-18-10-12/h12-13H,4-11,16H2,1-3H3. The summed E-state index contributed by atoms with van der Waals surface area (Å²) in [6.45, 7) is 9.32. The van der Waals surface area contributed by atoms with Crippen LogP contribution in [0.2, 0.25) is 0 Å². The number of hydrogen-bond donors (Lipinski definition) is 1. The molecule has 1 aliphatic heterocycles. The summed E-state index contributed by atoms with van der Waals surface area (Å²) < 4.78 is 10.6. The second-order valence-corrected chi connectivity index (χ2v) is 6.59. The Morgan fingerprint density at radius 2 is 2.16 bits per heavy atom. The quantitative estimate of drug-likeness (QED) is 0.722. The first-order valence-electron chi connectivity index (χ1n) is 7.37. The molecule has 0 saturated carbocycles. The van der Waals surface area contributed by atoms with Crippen LogP contribution in [0.5, 0.6) is 0 Å². The van der Waals surface area contributed by atoms with Crippen LogP contribution in [-0.2, 0) is 14.3 Å². The minimum atomic E-state index is -0.0850. The number of carbonyl (C=O) groups is 1. The molecule has 1 aliphatic rings. The number of hydrogen-bond acceptors (Lipinski definition) is 4. The van der Waals surface area contributed by atoms with E-state index in [-0.39, 0.29) is 11.4 Å². The van der Waals surface area contributed by atoms with Gasteiger partial charge in [0.15, 0.2) is 0 Å². The first-order chi connectivity index (χ1) is 8.93. The van der Waals surface area contributed by atoms with Crippen LogP contribution in [0.15, 0.2) is 0 Å². The summed E-state index contributed by atoms with van der Waals surface area (Å²) in [5.74, 6) is 0.782. The SMILES string of the molecule is CC(C)(C)C(CCN)CCC(=O)OCC1CCOC1. The molecule has 4 heteroatoms. The number of ether oxygens (including phenoxy) is 2. The maximum atomic E-state index is 11.7. The Morgan fingerprint density at radius 3 is 2.68 bits per heavy atom. The third-order valence-electron chi connectivity index (χ3n) is 3.94. The van der Waals surface area contributed by atoms with Gasteiger partial charge in [-0.1, -0.05) is 20.8 Å². The third-order valence-corrected chi connectivity index (χ3v) is 3.94. The van der Waals surface area contributed by atoms with Crippen molar-refractivity contribution in [3.05, 3.63) is 0 Å². The highest BCUT2D eigenvalue weighted by atomic mass is 16.5. The zero-order chi connectivity index (χ0) is 14.3. The molecule has 2 N–H and O–H groups in total. The van der Waals surface area contributed by atoms with Crippen LogP contribution in [0.4, 0.5) is 0 Å². The van der Waals surface area contributed by atoms with Crippen molar-refractivity contribution in [2.45, 2.75) is 46.5 Å². The van der Waals surface area contributed by atoms with Gasteiger partial charge in [-0.25, -0.2) is 0 Å². The van der Waals surface area contributed by atoms with Crippen LogP contribution in [0, 0.1) is 17.3 Å². The maximum absolute atomic E-state index is 11.7. The highest BCUT2D eigenvalue weighted by molar-refractivity contribution is 5.69. The van der Waals surface area contributed by atoms with Crippen molar-refractivity contribution in [3.63, 3.8) is 0 Å². The van der Waals surface area contributed by atoms with Crippen molar-refractivity contribution >= 4 is 5.97 Å². The Morgan fingerprint density at radius 1 is 1.42 bits per heavy atom. The number of rotatable bonds is 7. The average Bonchev–Trinajstić information content (AvgIpc) is 2.83. The molecule has 0 amide bonds. The molecule has 0 aromatic rings. The monoisotopic (exact) mass is 271 g/mol. The zero-order valence-electron chi connectivity index (χ0n) is 12.6. The van der Waals surface area contributed by atoms with Crippen molar-refractivity contribution < 1.29 is 14.3 Å². The summed E-state index contributed by atoms with van der Waals surface area (Å²) in [7, 11) is 0. The molecular weight excluding hydrogens is 242 g/mol. The molecule has 0 radical (unpaired) electrons. The van der Waals surface area contributed by atoms with E-state index in [2.05, 4.69) is 20.8 Å². The Labute approximate surface area is 117 Å². The number of carbonyl (C=O) groups excluding carboxylic acids is 1. The molecule has 1 heterocycles. The fourth-order valence-corrected chi connectivity index (χ4v) is 2.50. The molecule has 1 rings (SSSR count). The normalized spacial score (nSPS) is 21.4. The van der Waals surface area contributed by atoms with Crippen LogP contribution in [0.1, 0.15) is 46.5 Å². The molecule has 0 aliphatic carbocycles. The average molecular weight is 271 g/mol. The Hall–Kier alpha value is -0.610. The van der Waals surface area contributed by atoms with E-state index in [1.165, 1.54) is 0 Å². The molecule has 19 heavy (non-hydrogen) atoms. The van der Waals surface area contributed by atoms with Gasteiger partial charge in [0.1, 0.15) is 0 Å². The van der Waals surface area contributed by atoms with Crippen molar-refractivity contribution in [1.29, 1.82) is 0 Å². The second-order valence-electron chi connectivity index (χ2n) is 6.59. The van der Waals surface area contributed by atoms with Crippen LogP contribution < -0.4 is 5.73 Å². The van der Waals surface area contributed by atoms with Crippen molar-refractivity contribution in [3.8, 4) is 0 Å². The summed E-state index contributed by atoms with van der Waals surface area (Å²) in [5, 5.41) is 0. The van der Waals surface area contributed by atoms with E-state index in [9.17, 15) is 4.79 Å². The highest BCUT2D eigenvalue weighted by Crippen LogP contribution is 2.32. The summed E-state index contributed by atoms with van der Waals surface area (Å²) >= 11 is 0. The van der Waals surface area contributed by atoms with E-state index in [0.29, 0.717) is 31.4 Å². The van der Waals surface area contributed by atoms with E-state index in [0.717, 1.165) is 32.5 Å². The first kappa shape index (κ1) is 16.4. The first-order valence-corrected chi connectivity index (χ1v) is 7.37. The van der Waals surface area contributed by atoms with E-state index in [1.807, 2.05) is 0 Å². The molecule has 2 unspecified atom stereocenters. The van der Waals surface area contributed by atoms with Crippen LogP contribution >= 0.6 is 0 Å². The molecular formula is C15H29NO3. The lowest BCUT2D eigenvalue weighted by Crippen LogP contribution is -2.24. The van der Waals surface area contributed by atoms with Gasteiger partial charge in [0.05, 0.1) is 13.2 Å². The van der Waals surface area contributed by atoms with Crippen LogP contribution in [0.25, 0.3) is 0 Å². The minimum Gasteiger partial charge on any atom is -0.465 e. The molecule has 112 valence electrons. The van der Waals surface area contributed by atoms with Gasteiger partial charge in [-0.3, -0.25) is 4.79 Å². The van der Waals surface area contributed by atoms with Crippen molar-refractivity contribution in [2.24, 2.45) is 23.0 Å². The van der Waals surface area contributed by atoms with E-state index < -0.39 is 0 Å². The second kappa shape index (κ2) is 7.85. The highest BCUT2D eigenvalue weighted by Gasteiger charge is 2.25. The van der Waals surface area contributed by atoms with E-state index in [1.54, 1.807) is 0 Å². The zero-order valence-corrected chi connectivity index (χ0v) is 12.6. The third kappa shape index (κ3) is 6.39. The van der Waals surface area contributed by atoms with E-state index in [4.69, 9.17) is 15.2 Å². The molecule has 0 spiro atoms. The Kier molecular flexibility index (Phi) is 6.80. The Bertz CT molecular complexity index is 267. The summed E-state index contributed by atoms with van der Waals surface area (Å²) in [4.78, 5) is 11.7. The largest absolute Gasteiger partial charge is 0.465 e. The molecule has 1 saturated heterocycles. The number of esters is 1. The lowest BCUT2D eigenvalue weighted by Gasteiger charge is -2.30. The number of nitrogens with two attached hydrogens (primary N) is 1. The van der Waals surface area contributed by atoms with Crippen molar-refractivity contribution in [2.75, 3.05) is 26.4 Å². The van der Waals surface area contributed by atoms with Gasteiger partial charge in [-0.15, -0.1) is 0 Å². The topological polar surface area (TPSA) is 61.6 Å². The minimum absolute atomic E-state index is 0.0850. The fraction of sp³-hybridized carbons (Fsp3) is 0.933. The predicted octanol–water partition coefficient (Wildman–Crippen LogP) is 2.36. The smallest absolute Gasteiger partial charge is 0.305 e. The molecule has 0 aromatic carbocycles. The molecule has 2 atom stereocenters. The molecule has 4 nitrogen and oxygen atoms in total. The van der Waals surface area contributed by atoms with Gasteiger partial charge in [0.25, 0.3) is 0 Å². The van der Waals surface area contributed by atoms with Gasteiger partial charge in [-0.2, -0.15) is 0 Å². The fourth-order valence-electron chi connectivity index (χ4n) is 2.50. The maximum Gasteiger partial charge on any atom is 0.305 e. The summed E-state index contributed by atoms with van der Waals surface area (Å²) in [6.07, 6.45) is 3.33. The molecule has 0 aromatic heterocycles. The molecule has 0 bridgehead atoms. The molecule has 1 fully saturated rings. The van der Waals surface area contributed by atoms with Gasteiger partial charge >= 0.3 is 5.97 Å².